The Morgan fingerprint density at radius 3 is 2.62 bits per heavy atom. The molecule has 0 aliphatic carbocycles. The molecule has 0 saturated carbocycles. The molecule has 2 amide bonds. The van der Waals surface area contributed by atoms with Crippen LogP contribution in [-0.2, 0) is 14.4 Å². The predicted molar refractivity (Wildman–Crippen MR) is 55.6 cm³/mol. The van der Waals surface area contributed by atoms with Crippen molar-refractivity contribution < 1.29 is 19.5 Å². The minimum absolute atomic E-state index is 0.00889. The number of imide groups is 1. The van der Waals surface area contributed by atoms with E-state index < -0.39 is 23.3 Å². The van der Waals surface area contributed by atoms with Crippen LogP contribution < -0.4 is 5.32 Å². The van der Waals surface area contributed by atoms with Crippen LogP contribution in [-0.4, -0.2) is 46.4 Å². The zero-order chi connectivity index (χ0) is 12.5. The molecule has 16 heavy (non-hydrogen) atoms. The fourth-order valence-electron chi connectivity index (χ4n) is 1.39. The van der Waals surface area contributed by atoms with Gasteiger partial charge >= 0.3 is 5.97 Å². The van der Waals surface area contributed by atoms with Crippen LogP contribution in [0.25, 0.3) is 0 Å². The maximum Gasteiger partial charge on any atom is 0.332 e. The van der Waals surface area contributed by atoms with Crippen molar-refractivity contribution in [2.45, 2.75) is 19.4 Å². The molecular formula is C10H14N2O4. The summed E-state index contributed by atoms with van der Waals surface area (Å²) in [7, 11) is 0. The monoisotopic (exact) mass is 226 g/mol. The van der Waals surface area contributed by atoms with Crippen molar-refractivity contribution >= 4 is 17.8 Å². The number of nitrogens with one attached hydrogen (secondary N) is 1. The maximum absolute atomic E-state index is 11.5. The van der Waals surface area contributed by atoms with Gasteiger partial charge in [0.15, 0.2) is 0 Å². The van der Waals surface area contributed by atoms with E-state index in [9.17, 15) is 14.4 Å². The largest absolute Gasteiger partial charge is 0.478 e. The van der Waals surface area contributed by atoms with Crippen LogP contribution in [0.4, 0.5) is 0 Å². The lowest BCUT2D eigenvalue weighted by atomic mass is 9.98. The third-order valence-corrected chi connectivity index (χ3v) is 2.62. The molecule has 1 aliphatic heterocycles. The van der Waals surface area contributed by atoms with Crippen molar-refractivity contribution in [1.82, 2.24) is 10.2 Å². The predicted octanol–water partition coefficient (Wildman–Crippen LogP) is -0.636. The number of carbonyl (C=O) groups is 3. The molecule has 0 aromatic carbocycles. The van der Waals surface area contributed by atoms with E-state index in [1.165, 1.54) is 4.90 Å². The number of carboxylic acid groups (broad SMARTS) is 1. The number of piperazine rings is 1. The zero-order valence-corrected chi connectivity index (χ0v) is 9.24. The molecule has 6 heteroatoms. The average Bonchev–Trinajstić information content (AvgIpc) is 2.14. The summed E-state index contributed by atoms with van der Waals surface area (Å²) in [6, 6.07) is 0. The number of nitrogens with zero attached hydrogens (tertiary/aromatic N) is 1. The summed E-state index contributed by atoms with van der Waals surface area (Å²) in [6.45, 7) is 6.62. The highest BCUT2D eigenvalue weighted by atomic mass is 16.4. The summed E-state index contributed by atoms with van der Waals surface area (Å²) in [5, 5.41) is 10.9. The molecule has 88 valence electrons. The van der Waals surface area contributed by atoms with E-state index in [0.29, 0.717) is 0 Å². The molecule has 1 aliphatic rings. The summed E-state index contributed by atoms with van der Waals surface area (Å²) in [5.74, 6) is -1.99. The van der Waals surface area contributed by atoms with Gasteiger partial charge in [0.1, 0.15) is 0 Å². The molecule has 0 spiro atoms. The molecule has 0 atom stereocenters. The van der Waals surface area contributed by atoms with E-state index in [0.717, 1.165) is 0 Å². The van der Waals surface area contributed by atoms with Crippen LogP contribution in [0.3, 0.4) is 0 Å². The first kappa shape index (κ1) is 12.4. The Kier molecular flexibility index (Phi) is 3.14. The number of hydrogen-bond acceptors (Lipinski definition) is 4. The van der Waals surface area contributed by atoms with Crippen molar-refractivity contribution in [2.75, 3.05) is 13.1 Å². The van der Waals surface area contributed by atoms with Gasteiger partial charge in [-0.2, -0.15) is 0 Å². The van der Waals surface area contributed by atoms with Gasteiger partial charge in [-0.1, -0.05) is 6.58 Å². The number of amides is 2. The lowest BCUT2D eigenvalue weighted by molar-refractivity contribution is -0.145. The Hall–Kier alpha value is -1.69. The summed E-state index contributed by atoms with van der Waals surface area (Å²) < 4.78 is 0. The van der Waals surface area contributed by atoms with Crippen LogP contribution in [0.5, 0.6) is 0 Å². The number of aliphatic carboxylic acids is 1. The molecule has 6 nitrogen and oxygen atoms in total. The Morgan fingerprint density at radius 1 is 1.56 bits per heavy atom. The number of carbonyl (C=O) groups excluding carboxylic acids is 2. The first-order valence-electron chi connectivity index (χ1n) is 4.75. The van der Waals surface area contributed by atoms with Gasteiger partial charge in [0.25, 0.3) is 0 Å². The molecule has 1 saturated heterocycles. The molecule has 1 heterocycles. The van der Waals surface area contributed by atoms with Crippen molar-refractivity contribution in [1.29, 1.82) is 0 Å². The van der Waals surface area contributed by atoms with Crippen LogP contribution >= 0.6 is 0 Å². The topological polar surface area (TPSA) is 86.7 Å². The normalized spacial score (nSPS) is 20.4. The van der Waals surface area contributed by atoms with Crippen molar-refractivity contribution in [3.8, 4) is 0 Å². The van der Waals surface area contributed by atoms with Crippen molar-refractivity contribution in [3.63, 3.8) is 0 Å². The summed E-state index contributed by atoms with van der Waals surface area (Å²) >= 11 is 0. The second-order valence-corrected chi connectivity index (χ2v) is 4.20. The van der Waals surface area contributed by atoms with Gasteiger partial charge in [-0.25, -0.2) is 4.79 Å². The Balaban J connectivity index is 2.84. The van der Waals surface area contributed by atoms with Gasteiger partial charge in [0.2, 0.25) is 11.8 Å². The number of hydrogen-bond donors (Lipinski definition) is 2. The average molecular weight is 226 g/mol. The second-order valence-electron chi connectivity index (χ2n) is 4.20. The summed E-state index contributed by atoms with van der Waals surface area (Å²) in [4.78, 5) is 34.8. The highest BCUT2D eigenvalue weighted by Crippen LogP contribution is 2.19. The van der Waals surface area contributed by atoms with Gasteiger partial charge < -0.3 is 5.11 Å². The van der Waals surface area contributed by atoms with Gasteiger partial charge in [0, 0.05) is 12.1 Å². The molecule has 0 aromatic rings. The fourth-order valence-corrected chi connectivity index (χ4v) is 1.39. The molecule has 0 aromatic heterocycles. The van der Waals surface area contributed by atoms with E-state index in [1.54, 1.807) is 13.8 Å². The summed E-state index contributed by atoms with van der Waals surface area (Å²) in [5.41, 5.74) is -0.956. The molecule has 1 fully saturated rings. The van der Waals surface area contributed by atoms with Gasteiger partial charge in [-0.3, -0.25) is 19.8 Å². The Bertz CT molecular complexity index is 373. The molecule has 2 N–H and O–H groups in total. The third-order valence-electron chi connectivity index (χ3n) is 2.62. The van der Waals surface area contributed by atoms with Gasteiger partial charge in [-0.15, -0.1) is 0 Å². The van der Waals surface area contributed by atoms with E-state index >= 15 is 0 Å². The van der Waals surface area contributed by atoms with Crippen LogP contribution in [0.15, 0.2) is 12.2 Å². The van der Waals surface area contributed by atoms with Crippen molar-refractivity contribution in [3.05, 3.63) is 12.2 Å². The molecule has 0 bridgehead atoms. The SMILES string of the molecule is C=C(CN1CC(=O)NC(=O)C1(C)C)C(=O)O. The highest BCUT2D eigenvalue weighted by molar-refractivity contribution is 6.03. The minimum atomic E-state index is -1.13. The fraction of sp³-hybridized carbons (Fsp3) is 0.500. The zero-order valence-electron chi connectivity index (χ0n) is 9.24. The van der Waals surface area contributed by atoms with Crippen LogP contribution in [0.1, 0.15) is 13.8 Å². The minimum Gasteiger partial charge on any atom is -0.478 e. The molecular weight excluding hydrogens is 212 g/mol. The molecule has 0 radical (unpaired) electrons. The van der Waals surface area contributed by atoms with E-state index in [4.69, 9.17) is 5.11 Å². The lowest BCUT2D eigenvalue weighted by Gasteiger charge is -2.40. The Labute approximate surface area is 92.9 Å². The molecule has 0 unspecified atom stereocenters. The van der Waals surface area contributed by atoms with E-state index in [-0.39, 0.29) is 18.7 Å². The van der Waals surface area contributed by atoms with Crippen LogP contribution in [0, 0.1) is 0 Å². The summed E-state index contributed by atoms with van der Waals surface area (Å²) in [6.07, 6.45) is 0. The van der Waals surface area contributed by atoms with E-state index in [1.807, 2.05) is 0 Å². The lowest BCUT2D eigenvalue weighted by Crippen LogP contribution is -2.64. The third kappa shape index (κ3) is 2.27. The van der Waals surface area contributed by atoms with E-state index in [2.05, 4.69) is 11.9 Å². The standard InChI is InChI=1S/C10H14N2O4/c1-6(8(14)15)4-12-5-7(13)11-9(16)10(12,2)3/h1,4-5H2,2-3H3,(H,14,15)(H,11,13,16). The van der Waals surface area contributed by atoms with Crippen LogP contribution in [0.2, 0.25) is 0 Å². The molecule has 1 rings (SSSR count). The number of carboxylic acids is 1. The maximum atomic E-state index is 11.5. The smallest absolute Gasteiger partial charge is 0.332 e. The highest BCUT2D eigenvalue weighted by Gasteiger charge is 2.41. The quantitative estimate of drug-likeness (QED) is 0.494. The van der Waals surface area contributed by atoms with Gasteiger partial charge in [-0.05, 0) is 13.8 Å². The van der Waals surface area contributed by atoms with Crippen molar-refractivity contribution in [2.24, 2.45) is 0 Å². The second kappa shape index (κ2) is 4.05. The number of rotatable bonds is 3. The first-order valence-corrected chi connectivity index (χ1v) is 4.75. The van der Waals surface area contributed by atoms with Gasteiger partial charge in [0.05, 0.1) is 12.1 Å². The Morgan fingerprint density at radius 2 is 2.12 bits per heavy atom. The first-order chi connectivity index (χ1) is 7.25.